The molecule has 23 heavy (non-hydrogen) atoms. The molecule has 126 valence electrons. The molecular weight excluding hydrogens is 332 g/mol. The number of carbonyl (C=O) groups is 1. The molecule has 0 radical (unpaired) electrons. The molecule has 0 N–H and O–H groups in total. The first-order chi connectivity index (χ1) is 10.8. The first-order valence-corrected chi connectivity index (χ1v) is 9.08. The van der Waals surface area contributed by atoms with Crippen LogP contribution in [0.15, 0.2) is 12.1 Å². The number of hydrogen-bond acceptors (Lipinski definition) is 6. The molecule has 5 nitrogen and oxygen atoms in total. The van der Waals surface area contributed by atoms with Gasteiger partial charge < -0.3 is 14.4 Å². The predicted molar refractivity (Wildman–Crippen MR) is 95.5 cm³/mol. The minimum Gasteiger partial charge on any atom is -0.472 e. The Labute approximate surface area is 146 Å². The standard InChI is InChI=1S/C16H22N2O3S2/c1-16(2,3)21-14(19)18-8-7-13-11(9-18)5-6-12(17-13)10-20-15(22)23-4/h5-6H,7-10H2,1-4H3. The Bertz CT molecular complexity index is 599. The average molecular weight is 354 g/mol. The van der Waals surface area contributed by atoms with Crippen molar-refractivity contribution in [2.24, 2.45) is 0 Å². The lowest BCUT2D eigenvalue weighted by Crippen LogP contribution is -2.40. The second-order valence-electron chi connectivity index (χ2n) is 6.30. The predicted octanol–water partition coefficient (Wildman–Crippen LogP) is 3.54. The van der Waals surface area contributed by atoms with Gasteiger partial charge in [0.1, 0.15) is 12.2 Å². The number of thioether (sulfide) groups is 1. The highest BCUT2D eigenvalue weighted by Gasteiger charge is 2.26. The molecule has 0 atom stereocenters. The first kappa shape index (κ1) is 18.0. The minimum atomic E-state index is -0.480. The Hall–Kier alpha value is -1.34. The normalized spacial score (nSPS) is 14.2. The van der Waals surface area contributed by atoms with E-state index in [1.807, 2.05) is 39.2 Å². The Morgan fingerprint density at radius 1 is 1.43 bits per heavy atom. The summed E-state index contributed by atoms with van der Waals surface area (Å²) >= 11 is 6.42. The van der Waals surface area contributed by atoms with Crippen LogP contribution in [-0.4, -0.2) is 38.8 Å². The van der Waals surface area contributed by atoms with E-state index < -0.39 is 5.60 Å². The van der Waals surface area contributed by atoms with E-state index in [9.17, 15) is 4.79 Å². The summed E-state index contributed by atoms with van der Waals surface area (Å²) in [7, 11) is 0. The van der Waals surface area contributed by atoms with Gasteiger partial charge in [0, 0.05) is 18.7 Å². The molecule has 0 fully saturated rings. The molecule has 0 bridgehead atoms. The zero-order chi connectivity index (χ0) is 17.0. The summed E-state index contributed by atoms with van der Waals surface area (Å²) < 4.78 is 11.4. The van der Waals surface area contributed by atoms with Gasteiger partial charge in [-0.3, -0.25) is 4.98 Å². The van der Waals surface area contributed by atoms with Crippen molar-refractivity contribution in [3.05, 3.63) is 29.1 Å². The van der Waals surface area contributed by atoms with Gasteiger partial charge in [-0.05, 0) is 50.9 Å². The second kappa shape index (κ2) is 7.49. The van der Waals surface area contributed by atoms with Crippen LogP contribution in [0.1, 0.15) is 37.7 Å². The van der Waals surface area contributed by atoms with Crippen LogP contribution in [-0.2, 0) is 29.0 Å². The highest BCUT2D eigenvalue weighted by Crippen LogP contribution is 2.20. The Kier molecular flexibility index (Phi) is 5.86. The number of ether oxygens (including phenoxy) is 2. The van der Waals surface area contributed by atoms with Gasteiger partial charge in [-0.1, -0.05) is 17.8 Å². The number of amides is 1. The fraction of sp³-hybridized carbons (Fsp3) is 0.562. The van der Waals surface area contributed by atoms with E-state index in [1.165, 1.54) is 11.8 Å². The third-order valence-electron chi connectivity index (χ3n) is 3.26. The fourth-order valence-corrected chi connectivity index (χ4v) is 2.45. The van der Waals surface area contributed by atoms with E-state index in [0.717, 1.165) is 23.4 Å². The van der Waals surface area contributed by atoms with E-state index in [4.69, 9.17) is 21.7 Å². The van der Waals surface area contributed by atoms with Gasteiger partial charge >= 0.3 is 6.09 Å². The lowest BCUT2D eigenvalue weighted by molar-refractivity contribution is 0.0222. The van der Waals surface area contributed by atoms with Crippen LogP contribution < -0.4 is 0 Å². The molecule has 2 heterocycles. The number of fused-ring (bicyclic) bond motifs is 1. The van der Waals surface area contributed by atoms with Gasteiger partial charge in [-0.25, -0.2) is 4.79 Å². The van der Waals surface area contributed by atoms with Crippen LogP contribution in [0.5, 0.6) is 0 Å². The van der Waals surface area contributed by atoms with Crippen molar-refractivity contribution >= 4 is 34.5 Å². The highest BCUT2D eigenvalue weighted by molar-refractivity contribution is 8.22. The molecule has 0 saturated heterocycles. The molecule has 0 saturated carbocycles. The van der Waals surface area contributed by atoms with Gasteiger partial charge in [-0.2, -0.15) is 0 Å². The SMILES string of the molecule is CSC(=S)OCc1ccc2c(n1)CCN(C(=O)OC(C)(C)C)C2. The van der Waals surface area contributed by atoms with Crippen molar-refractivity contribution in [3.8, 4) is 0 Å². The maximum atomic E-state index is 12.1. The monoisotopic (exact) mass is 354 g/mol. The largest absolute Gasteiger partial charge is 0.472 e. The number of hydrogen-bond donors (Lipinski definition) is 0. The number of carbonyl (C=O) groups excluding carboxylic acids is 1. The number of thiocarbonyl (C=S) groups is 1. The Morgan fingerprint density at radius 3 is 2.83 bits per heavy atom. The summed E-state index contributed by atoms with van der Waals surface area (Å²) in [5.74, 6) is 0. The van der Waals surface area contributed by atoms with Gasteiger partial charge in [0.25, 0.3) is 0 Å². The van der Waals surface area contributed by atoms with Crippen LogP contribution in [0.3, 0.4) is 0 Å². The summed E-state index contributed by atoms with van der Waals surface area (Å²) in [4.78, 5) is 18.5. The fourth-order valence-electron chi connectivity index (χ4n) is 2.22. The molecule has 1 aromatic rings. The molecule has 0 aromatic carbocycles. The summed E-state index contributed by atoms with van der Waals surface area (Å²) in [5, 5.41) is 0. The Morgan fingerprint density at radius 2 is 2.17 bits per heavy atom. The van der Waals surface area contributed by atoms with Gasteiger partial charge in [-0.15, -0.1) is 0 Å². The summed E-state index contributed by atoms with van der Waals surface area (Å²) in [6, 6.07) is 3.92. The van der Waals surface area contributed by atoms with Gasteiger partial charge in [0.05, 0.1) is 12.2 Å². The average Bonchev–Trinajstić information content (AvgIpc) is 2.50. The second-order valence-corrected chi connectivity index (χ2v) is 7.71. The van der Waals surface area contributed by atoms with Crippen LogP contribution in [0.4, 0.5) is 4.79 Å². The summed E-state index contributed by atoms with van der Waals surface area (Å²) in [6.07, 6.45) is 2.32. The molecule has 0 spiro atoms. The highest BCUT2D eigenvalue weighted by atomic mass is 32.2. The maximum Gasteiger partial charge on any atom is 0.410 e. The van der Waals surface area contributed by atoms with Crippen LogP contribution in [0.2, 0.25) is 0 Å². The van der Waals surface area contributed by atoms with Crippen molar-refractivity contribution in [3.63, 3.8) is 0 Å². The topological polar surface area (TPSA) is 51.7 Å². The summed E-state index contributed by atoms with van der Waals surface area (Å²) in [6.45, 7) is 7.13. The molecule has 1 aliphatic rings. The molecular formula is C16H22N2O3S2. The van der Waals surface area contributed by atoms with Gasteiger partial charge in [0.2, 0.25) is 4.38 Å². The summed E-state index contributed by atoms with van der Waals surface area (Å²) in [5.41, 5.74) is 2.44. The third-order valence-corrected chi connectivity index (χ3v) is 4.33. The van der Waals surface area contributed by atoms with E-state index in [0.29, 0.717) is 24.1 Å². The zero-order valence-electron chi connectivity index (χ0n) is 13.9. The first-order valence-electron chi connectivity index (χ1n) is 7.45. The lowest BCUT2D eigenvalue weighted by Gasteiger charge is -2.30. The molecule has 7 heteroatoms. The molecule has 1 amide bonds. The quantitative estimate of drug-likeness (QED) is 0.757. The van der Waals surface area contributed by atoms with E-state index in [2.05, 4.69) is 4.98 Å². The van der Waals surface area contributed by atoms with Crippen molar-refractivity contribution in [1.29, 1.82) is 0 Å². The molecule has 1 aromatic heterocycles. The van der Waals surface area contributed by atoms with E-state index in [-0.39, 0.29) is 6.09 Å². The van der Waals surface area contributed by atoms with Crippen molar-refractivity contribution in [2.75, 3.05) is 12.8 Å². The number of nitrogens with zero attached hydrogens (tertiary/aromatic N) is 2. The minimum absolute atomic E-state index is 0.277. The van der Waals surface area contributed by atoms with Crippen LogP contribution in [0.25, 0.3) is 0 Å². The molecule has 2 rings (SSSR count). The van der Waals surface area contributed by atoms with Crippen molar-refractivity contribution < 1.29 is 14.3 Å². The molecule has 0 unspecified atom stereocenters. The van der Waals surface area contributed by atoms with E-state index >= 15 is 0 Å². The van der Waals surface area contributed by atoms with Crippen molar-refractivity contribution in [1.82, 2.24) is 9.88 Å². The van der Waals surface area contributed by atoms with Crippen LogP contribution in [0, 0.1) is 0 Å². The number of pyridine rings is 1. The molecule has 1 aliphatic heterocycles. The smallest absolute Gasteiger partial charge is 0.410 e. The van der Waals surface area contributed by atoms with Crippen LogP contribution >= 0.6 is 24.0 Å². The maximum absolute atomic E-state index is 12.1. The third kappa shape index (κ3) is 5.35. The zero-order valence-corrected chi connectivity index (χ0v) is 15.6. The van der Waals surface area contributed by atoms with E-state index in [1.54, 1.807) is 4.90 Å². The van der Waals surface area contributed by atoms with Gasteiger partial charge in [0.15, 0.2) is 0 Å². The number of aromatic nitrogens is 1. The Balaban J connectivity index is 2.00. The number of rotatable bonds is 2. The van der Waals surface area contributed by atoms with Crippen molar-refractivity contribution in [2.45, 2.75) is 45.9 Å². The lowest BCUT2D eigenvalue weighted by atomic mass is 10.1. The molecule has 0 aliphatic carbocycles.